The molecule has 1 unspecified atom stereocenters. The summed E-state index contributed by atoms with van der Waals surface area (Å²) in [6, 6.07) is 11.7. The lowest BCUT2D eigenvalue weighted by Crippen LogP contribution is -2.28. The van der Waals surface area contributed by atoms with Gasteiger partial charge >= 0.3 is 0 Å². The van der Waals surface area contributed by atoms with Crippen LogP contribution in [0.4, 0.5) is 0 Å². The van der Waals surface area contributed by atoms with E-state index in [1.54, 1.807) is 11.3 Å². The average molecular weight is 450 g/mol. The van der Waals surface area contributed by atoms with E-state index in [1.807, 2.05) is 12.1 Å². The van der Waals surface area contributed by atoms with E-state index in [-0.39, 0.29) is 17.7 Å². The Morgan fingerprint density at radius 1 is 1.22 bits per heavy atom. The van der Waals surface area contributed by atoms with Gasteiger partial charge in [-0.05, 0) is 30.5 Å². The minimum atomic E-state index is -0.237. The molecular weight excluding hydrogens is 422 g/mol. The maximum atomic E-state index is 13.1. The first-order valence-electron chi connectivity index (χ1n) is 11.2. The van der Waals surface area contributed by atoms with Crippen LogP contribution in [-0.2, 0) is 11.2 Å². The smallest absolute Gasteiger partial charge is 0.253 e. The van der Waals surface area contributed by atoms with Gasteiger partial charge in [0.25, 0.3) is 5.91 Å². The molecule has 2 aromatic heterocycles. The van der Waals surface area contributed by atoms with Gasteiger partial charge in [-0.2, -0.15) is 5.10 Å². The van der Waals surface area contributed by atoms with Gasteiger partial charge in [0.2, 0.25) is 5.16 Å². The van der Waals surface area contributed by atoms with Crippen LogP contribution in [0.1, 0.15) is 60.9 Å². The zero-order valence-corrected chi connectivity index (χ0v) is 19.0. The number of aryl methyl sites for hydroxylation is 1. The number of H-pyrrole nitrogens is 1. The van der Waals surface area contributed by atoms with Crippen molar-refractivity contribution in [3.63, 3.8) is 0 Å². The van der Waals surface area contributed by atoms with Gasteiger partial charge in [0.1, 0.15) is 17.6 Å². The quantitative estimate of drug-likeness (QED) is 0.518. The van der Waals surface area contributed by atoms with Gasteiger partial charge in [-0.25, -0.2) is 9.99 Å². The number of aromatic amines is 1. The van der Waals surface area contributed by atoms with E-state index in [4.69, 9.17) is 4.42 Å². The molecule has 5 rings (SSSR count). The lowest BCUT2D eigenvalue weighted by molar-refractivity contribution is -0.130. The molecule has 1 aromatic carbocycles. The number of furan rings is 1. The van der Waals surface area contributed by atoms with Crippen LogP contribution in [-0.4, -0.2) is 37.6 Å². The van der Waals surface area contributed by atoms with Crippen LogP contribution in [0.25, 0.3) is 0 Å². The number of nitrogens with zero attached hydrogens (tertiary/aromatic N) is 4. The first-order valence-corrected chi connectivity index (χ1v) is 12.2. The lowest BCUT2D eigenvalue weighted by atomic mass is 10.0. The molecular formula is C24H27N5O2S. The van der Waals surface area contributed by atoms with Crippen LogP contribution in [0, 0.1) is 12.8 Å². The van der Waals surface area contributed by atoms with Gasteiger partial charge < -0.3 is 4.42 Å². The van der Waals surface area contributed by atoms with E-state index in [0.717, 1.165) is 29.3 Å². The van der Waals surface area contributed by atoms with Crippen molar-refractivity contribution >= 4 is 23.4 Å². The number of carbonyl (C=O) groups excluding carboxylic acids is 1. The van der Waals surface area contributed by atoms with E-state index >= 15 is 0 Å². The molecule has 1 N–H and O–H groups in total. The number of hydrogen-bond donors (Lipinski definition) is 1. The predicted octanol–water partition coefficient (Wildman–Crippen LogP) is 4.91. The number of carbonyl (C=O) groups is 1. The molecule has 166 valence electrons. The van der Waals surface area contributed by atoms with E-state index < -0.39 is 0 Å². The lowest BCUT2D eigenvalue weighted by Gasteiger charge is -2.19. The largest absolute Gasteiger partial charge is 0.467 e. The SMILES string of the molecule is Cc1ccc(C2=NN(C(=O)CSc3n[nH]c(CC4CCCC4)n3)C(c3ccco3)C2)cc1. The Bertz CT molecular complexity index is 1080. The summed E-state index contributed by atoms with van der Waals surface area (Å²) in [7, 11) is 0. The molecule has 0 spiro atoms. The van der Waals surface area contributed by atoms with Crippen LogP contribution in [0.15, 0.2) is 57.3 Å². The molecule has 1 saturated carbocycles. The fourth-order valence-electron chi connectivity index (χ4n) is 4.48. The number of rotatable bonds is 7. The molecule has 0 radical (unpaired) electrons. The van der Waals surface area contributed by atoms with Gasteiger partial charge in [0.15, 0.2) is 0 Å². The summed E-state index contributed by atoms with van der Waals surface area (Å²) in [6.07, 6.45) is 8.37. The van der Waals surface area contributed by atoms with Crippen LogP contribution >= 0.6 is 11.8 Å². The van der Waals surface area contributed by atoms with Crippen molar-refractivity contribution in [1.82, 2.24) is 20.2 Å². The minimum absolute atomic E-state index is 0.0827. The van der Waals surface area contributed by atoms with Crippen molar-refractivity contribution in [2.75, 3.05) is 5.75 Å². The van der Waals surface area contributed by atoms with Gasteiger partial charge in [-0.15, -0.1) is 5.10 Å². The van der Waals surface area contributed by atoms with Gasteiger partial charge in [0, 0.05) is 12.8 Å². The van der Waals surface area contributed by atoms with E-state index in [9.17, 15) is 4.79 Å². The first-order chi connectivity index (χ1) is 15.7. The molecule has 3 heterocycles. The summed E-state index contributed by atoms with van der Waals surface area (Å²) in [4.78, 5) is 17.7. The predicted molar refractivity (Wildman–Crippen MR) is 123 cm³/mol. The third-order valence-electron chi connectivity index (χ3n) is 6.22. The second kappa shape index (κ2) is 9.32. The van der Waals surface area contributed by atoms with Crippen LogP contribution in [0.3, 0.4) is 0 Å². The van der Waals surface area contributed by atoms with Crippen LogP contribution in [0.5, 0.6) is 0 Å². The molecule has 3 aromatic rings. The number of benzene rings is 1. The van der Waals surface area contributed by atoms with Gasteiger partial charge in [0.05, 0.1) is 17.7 Å². The Balaban J connectivity index is 1.27. The van der Waals surface area contributed by atoms with Gasteiger partial charge in [-0.3, -0.25) is 9.89 Å². The van der Waals surface area contributed by atoms with E-state index in [0.29, 0.717) is 17.5 Å². The molecule has 0 saturated heterocycles. The second-order valence-corrected chi connectivity index (χ2v) is 9.54. The highest BCUT2D eigenvalue weighted by molar-refractivity contribution is 7.99. The molecule has 8 heteroatoms. The van der Waals surface area contributed by atoms with E-state index in [2.05, 4.69) is 51.5 Å². The zero-order valence-electron chi connectivity index (χ0n) is 18.2. The molecule has 1 aliphatic heterocycles. The molecule has 32 heavy (non-hydrogen) atoms. The molecule has 1 atom stereocenters. The van der Waals surface area contributed by atoms with Crippen molar-refractivity contribution in [1.29, 1.82) is 0 Å². The first kappa shape index (κ1) is 21.0. The third-order valence-corrected chi connectivity index (χ3v) is 7.05. The minimum Gasteiger partial charge on any atom is -0.467 e. The Morgan fingerprint density at radius 2 is 2.03 bits per heavy atom. The fourth-order valence-corrected chi connectivity index (χ4v) is 5.15. The topological polar surface area (TPSA) is 87.4 Å². The second-order valence-electron chi connectivity index (χ2n) is 8.59. The monoisotopic (exact) mass is 449 g/mol. The number of hydrogen-bond acceptors (Lipinski definition) is 6. The number of thioether (sulfide) groups is 1. The highest BCUT2D eigenvalue weighted by Crippen LogP contribution is 2.34. The standard InChI is InChI=1S/C24H27N5O2S/c1-16-8-10-18(11-9-16)19-14-20(21-7-4-12-31-21)29(28-19)23(30)15-32-24-25-22(26-27-24)13-17-5-2-3-6-17/h4,7-12,17,20H,2-3,5-6,13-15H2,1H3,(H,25,26,27). The molecule has 7 nitrogen and oxygen atoms in total. The summed E-state index contributed by atoms with van der Waals surface area (Å²) in [5, 5.41) is 14.2. The summed E-state index contributed by atoms with van der Waals surface area (Å²) in [5.74, 6) is 2.51. The zero-order chi connectivity index (χ0) is 21.9. The summed E-state index contributed by atoms with van der Waals surface area (Å²) in [5.41, 5.74) is 3.11. The Labute approximate surface area is 191 Å². The van der Waals surface area contributed by atoms with Crippen LogP contribution in [0.2, 0.25) is 0 Å². The molecule has 0 bridgehead atoms. The maximum Gasteiger partial charge on any atom is 0.253 e. The Morgan fingerprint density at radius 3 is 2.78 bits per heavy atom. The third kappa shape index (κ3) is 4.65. The average Bonchev–Trinajstić information content (AvgIpc) is 3.60. The summed E-state index contributed by atoms with van der Waals surface area (Å²) >= 11 is 1.35. The van der Waals surface area contributed by atoms with Gasteiger partial charge in [-0.1, -0.05) is 67.3 Å². The van der Waals surface area contributed by atoms with Crippen molar-refractivity contribution in [3.8, 4) is 0 Å². The van der Waals surface area contributed by atoms with Crippen molar-refractivity contribution in [2.24, 2.45) is 11.0 Å². The fraction of sp³-hybridized carbons (Fsp3) is 0.417. The summed E-state index contributed by atoms with van der Waals surface area (Å²) in [6.45, 7) is 2.06. The number of amides is 1. The summed E-state index contributed by atoms with van der Waals surface area (Å²) < 4.78 is 5.63. The number of aromatic nitrogens is 3. The number of nitrogens with one attached hydrogen (secondary N) is 1. The van der Waals surface area contributed by atoms with Crippen molar-refractivity contribution in [3.05, 3.63) is 65.4 Å². The van der Waals surface area contributed by atoms with Crippen LogP contribution < -0.4 is 0 Å². The molecule has 1 aliphatic carbocycles. The maximum absolute atomic E-state index is 13.1. The Hall–Kier alpha value is -2.87. The highest BCUT2D eigenvalue weighted by atomic mass is 32.2. The molecule has 2 aliphatic rings. The van der Waals surface area contributed by atoms with Crippen molar-refractivity contribution < 1.29 is 9.21 Å². The highest BCUT2D eigenvalue weighted by Gasteiger charge is 2.34. The Kier molecular flexibility index (Phi) is 6.12. The number of hydrazone groups is 1. The van der Waals surface area contributed by atoms with Crippen molar-refractivity contribution in [2.45, 2.75) is 56.6 Å². The van der Waals surface area contributed by atoms with E-state index in [1.165, 1.54) is 43.0 Å². The molecule has 1 amide bonds. The molecule has 1 fully saturated rings. The normalized spacial score (nSPS) is 19.0.